The number of nitrogens with one attached hydrogen (secondary N) is 1. The van der Waals surface area contributed by atoms with Crippen LogP contribution in [0.15, 0.2) is 48.5 Å². The molecule has 0 spiro atoms. The Morgan fingerprint density at radius 3 is 2.57 bits per heavy atom. The number of halogens is 2. The number of hydrogen-bond acceptors (Lipinski definition) is 3. The van der Waals surface area contributed by atoms with Gasteiger partial charge in [-0.2, -0.15) is 5.10 Å². The predicted octanol–water partition coefficient (Wildman–Crippen LogP) is 4.70. The maximum atomic E-state index is 13.3. The van der Waals surface area contributed by atoms with Crippen molar-refractivity contribution in [1.82, 2.24) is 14.7 Å². The lowest BCUT2D eigenvalue weighted by molar-refractivity contribution is 0.0666. The molecule has 5 rings (SSSR count). The number of nitrogens with zero attached hydrogens (tertiary/aromatic N) is 3. The normalized spacial score (nSPS) is 18.8. The van der Waals surface area contributed by atoms with E-state index >= 15 is 0 Å². The second-order valence-electron chi connectivity index (χ2n) is 7.21. The highest BCUT2D eigenvalue weighted by Gasteiger charge is 2.44. The number of amides is 1. The third kappa shape index (κ3) is 2.67. The van der Waals surface area contributed by atoms with Crippen LogP contribution < -0.4 is 5.32 Å². The number of para-hydroxylation sites is 1. The Labute approximate surface area is 166 Å². The van der Waals surface area contributed by atoms with Gasteiger partial charge in [-0.1, -0.05) is 23.7 Å². The van der Waals surface area contributed by atoms with Gasteiger partial charge in [0.25, 0.3) is 5.91 Å². The van der Waals surface area contributed by atoms with Gasteiger partial charge in [-0.05, 0) is 56.2 Å². The Morgan fingerprint density at radius 2 is 1.86 bits per heavy atom. The molecule has 2 heterocycles. The average molecular weight is 397 g/mol. The van der Waals surface area contributed by atoms with Gasteiger partial charge in [-0.25, -0.2) is 9.07 Å². The number of carbonyl (C=O) groups is 1. The minimum atomic E-state index is -0.392. The molecule has 7 heteroatoms. The van der Waals surface area contributed by atoms with Gasteiger partial charge in [-0.15, -0.1) is 0 Å². The second kappa shape index (κ2) is 6.34. The maximum Gasteiger partial charge on any atom is 0.258 e. The summed E-state index contributed by atoms with van der Waals surface area (Å²) in [5, 5.41) is 8.46. The van der Waals surface area contributed by atoms with E-state index < -0.39 is 6.17 Å². The standard InChI is InChI=1S/C21H18ClFN4O/c1-12-18(19(22)27(25-12)15-8-6-13(23)7-9-15)20-24-17-5-3-2-4-16(17)21(28)26(20)14-10-11-14/h2-9,14,20,24H,10-11H2,1H3/t20-/m1/s1. The molecule has 0 radical (unpaired) electrons. The summed E-state index contributed by atoms with van der Waals surface area (Å²) in [6.45, 7) is 1.87. The zero-order chi connectivity index (χ0) is 19.4. The molecule has 0 bridgehead atoms. The molecule has 1 atom stereocenters. The summed E-state index contributed by atoms with van der Waals surface area (Å²) >= 11 is 6.73. The van der Waals surface area contributed by atoms with Crippen molar-refractivity contribution >= 4 is 23.2 Å². The van der Waals surface area contributed by atoms with Gasteiger partial charge >= 0.3 is 0 Å². The van der Waals surface area contributed by atoms with Gasteiger partial charge in [0.2, 0.25) is 0 Å². The van der Waals surface area contributed by atoms with Crippen molar-refractivity contribution in [3.8, 4) is 5.69 Å². The molecule has 0 saturated heterocycles. The molecule has 2 aromatic carbocycles. The molecular formula is C21H18ClFN4O. The van der Waals surface area contributed by atoms with Crippen molar-refractivity contribution < 1.29 is 9.18 Å². The Hall–Kier alpha value is -2.86. The predicted molar refractivity (Wildman–Crippen MR) is 105 cm³/mol. The minimum Gasteiger partial charge on any atom is -0.361 e. The van der Waals surface area contributed by atoms with Crippen LogP contribution >= 0.6 is 11.6 Å². The lowest BCUT2D eigenvalue weighted by atomic mass is 10.0. The van der Waals surface area contributed by atoms with E-state index in [2.05, 4.69) is 10.4 Å². The molecule has 28 heavy (non-hydrogen) atoms. The van der Waals surface area contributed by atoms with Gasteiger partial charge in [0, 0.05) is 11.7 Å². The lowest BCUT2D eigenvalue weighted by Crippen LogP contribution is -2.44. The Morgan fingerprint density at radius 1 is 1.14 bits per heavy atom. The van der Waals surface area contributed by atoms with Crippen molar-refractivity contribution in [3.05, 3.63) is 76.3 Å². The van der Waals surface area contributed by atoms with Crippen LogP contribution in [0, 0.1) is 12.7 Å². The van der Waals surface area contributed by atoms with Crippen molar-refractivity contribution in [3.63, 3.8) is 0 Å². The van der Waals surface area contributed by atoms with Crippen molar-refractivity contribution in [2.24, 2.45) is 0 Å². The van der Waals surface area contributed by atoms with E-state index in [-0.39, 0.29) is 17.8 Å². The molecule has 142 valence electrons. The summed E-state index contributed by atoms with van der Waals surface area (Å²) in [4.78, 5) is 15.1. The van der Waals surface area contributed by atoms with Gasteiger partial charge in [0.15, 0.2) is 0 Å². The highest BCUT2D eigenvalue weighted by atomic mass is 35.5. The van der Waals surface area contributed by atoms with E-state index in [1.54, 1.807) is 16.8 Å². The first-order valence-corrected chi connectivity index (χ1v) is 9.61. The molecule has 1 amide bonds. The number of rotatable bonds is 3. The topological polar surface area (TPSA) is 50.2 Å². The largest absolute Gasteiger partial charge is 0.361 e. The molecule has 1 N–H and O–H groups in total. The van der Waals surface area contributed by atoms with Crippen LogP contribution in [0.4, 0.5) is 10.1 Å². The fourth-order valence-corrected chi connectivity index (χ4v) is 4.16. The molecule has 1 aliphatic carbocycles. The summed E-state index contributed by atoms with van der Waals surface area (Å²) in [6.07, 6.45) is 1.57. The Kier molecular flexibility index (Phi) is 3.91. The van der Waals surface area contributed by atoms with Gasteiger partial charge < -0.3 is 10.2 Å². The van der Waals surface area contributed by atoms with E-state index in [0.29, 0.717) is 16.4 Å². The number of benzene rings is 2. The number of hydrogen-bond donors (Lipinski definition) is 1. The summed E-state index contributed by atoms with van der Waals surface area (Å²) < 4.78 is 14.9. The summed E-state index contributed by atoms with van der Waals surface area (Å²) in [6, 6.07) is 13.7. The molecule has 1 aromatic heterocycles. The van der Waals surface area contributed by atoms with Gasteiger partial charge in [-0.3, -0.25) is 4.79 Å². The van der Waals surface area contributed by atoms with E-state index in [1.807, 2.05) is 36.1 Å². The number of aryl methyl sites for hydroxylation is 1. The zero-order valence-electron chi connectivity index (χ0n) is 15.2. The fourth-order valence-electron chi connectivity index (χ4n) is 3.78. The third-order valence-electron chi connectivity index (χ3n) is 5.30. The quantitative estimate of drug-likeness (QED) is 0.698. The number of fused-ring (bicyclic) bond motifs is 1. The van der Waals surface area contributed by atoms with Crippen molar-refractivity contribution in [2.75, 3.05) is 5.32 Å². The Balaban J connectivity index is 1.62. The molecule has 1 fully saturated rings. The highest BCUT2D eigenvalue weighted by Crippen LogP contribution is 2.43. The SMILES string of the molecule is Cc1nn(-c2ccc(F)cc2)c(Cl)c1[C@@H]1Nc2ccccc2C(=O)N1C1CC1. The molecule has 0 unspecified atom stereocenters. The second-order valence-corrected chi connectivity index (χ2v) is 7.57. The van der Waals surface area contributed by atoms with Crippen LogP contribution in [0.3, 0.4) is 0 Å². The van der Waals surface area contributed by atoms with Crippen LogP contribution in [0.1, 0.15) is 40.6 Å². The van der Waals surface area contributed by atoms with E-state index in [0.717, 1.165) is 29.8 Å². The van der Waals surface area contributed by atoms with Crippen LogP contribution in [0.5, 0.6) is 0 Å². The van der Waals surface area contributed by atoms with E-state index in [4.69, 9.17) is 11.6 Å². The van der Waals surface area contributed by atoms with Crippen LogP contribution in [-0.2, 0) is 0 Å². The summed E-state index contributed by atoms with van der Waals surface area (Å²) in [7, 11) is 0. The lowest BCUT2D eigenvalue weighted by Gasteiger charge is -2.38. The number of aromatic nitrogens is 2. The van der Waals surface area contributed by atoms with Crippen molar-refractivity contribution in [1.29, 1.82) is 0 Å². The molecule has 1 aliphatic heterocycles. The van der Waals surface area contributed by atoms with E-state index in [1.165, 1.54) is 12.1 Å². The van der Waals surface area contributed by atoms with Gasteiger partial charge in [0.1, 0.15) is 17.1 Å². The van der Waals surface area contributed by atoms with Crippen LogP contribution in [0.25, 0.3) is 5.69 Å². The first-order chi connectivity index (χ1) is 13.5. The smallest absolute Gasteiger partial charge is 0.258 e. The molecular weight excluding hydrogens is 379 g/mol. The Bertz CT molecular complexity index is 1070. The zero-order valence-corrected chi connectivity index (χ0v) is 15.9. The molecule has 3 aromatic rings. The van der Waals surface area contributed by atoms with Crippen molar-refractivity contribution in [2.45, 2.75) is 32.0 Å². The number of carbonyl (C=O) groups excluding carboxylic acids is 1. The molecule has 2 aliphatic rings. The summed E-state index contributed by atoms with van der Waals surface area (Å²) in [5.74, 6) is -0.313. The van der Waals surface area contributed by atoms with Gasteiger partial charge in [0.05, 0.1) is 22.5 Å². The highest BCUT2D eigenvalue weighted by molar-refractivity contribution is 6.30. The maximum absolute atomic E-state index is 13.3. The molecule has 1 saturated carbocycles. The van der Waals surface area contributed by atoms with Crippen LogP contribution in [0.2, 0.25) is 5.15 Å². The first kappa shape index (κ1) is 17.3. The van der Waals surface area contributed by atoms with Crippen LogP contribution in [-0.4, -0.2) is 26.6 Å². The average Bonchev–Trinajstić information content (AvgIpc) is 3.47. The number of anilines is 1. The first-order valence-electron chi connectivity index (χ1n) is 9.24. The summed E-state index contributed by atoms with van der Waals surface area (Å²) in [5.41, 5.74) is 3.62. The van der Waals surface area contributed by atoms with E-state index in [9.17, 15) is 9.18 Å². The molecule has 5 nitrogen and oxygen atoms in total. The third-order valence-corrected chi connectivity index (χ3v) is 5.66. The monoisotopic (exact) mass is 396 g/mol. The minimum absolute atomic E-state index is 0.00634. The fraction of sp³-hybridized carbons (Fsp3) is 0.238.